The van der Waals surface area contributed by atoms with Crippen LogP contribution >= 0.6 is 23.2 Å². The predicted molar refractivity (Wildman–Crippen MR) is 69.8 cm³/mol. The van der Waals surface area contributed by atoms with Gasteiger partial charge < -0.3 is 5.32 Å². The summed E-state index contributed by atoms with van der Waals surface area (Å²) in [5.74, 6) is -0.128. The predicted octanol–water partition coefficient (Wildman–Crippen LogP) is 2.67. The molecule has 1 saturated heterocycles. The van der Waals surface area contributed by atoms with Gasteiger partial charge in [0.15, 0.2) is 0 Å². The third-order valence-electron chi connectivity index (χ3n) is 2.32. The Morgan fingerprint density at radius 1 is 1.24 bits per heavy atom. The van der Waals surface area contributed by atoms with Gasteiger partial charge in [0.25, 0.3) is 5.91 Å². The van der Waals surface area contributed by atoms with E-state index in [4.69, 9.17) is 23.2 Å². The molecule has 2 rings (SSSR count). The number of carbonyl (C=O) groups excluding carboxylic acids is 1. The van der Waals surface area contributed by atoms with Crippen molar-refractivity contribution < 1.29 is 4.79 Å². The Labute approximate surface area is 109 Å². The normalized spacial score (nSPS) is 18.0. The molecule has 4 nitrogen and oxygen atoms in total. The Morgan fingerprint density at radius 2 is 1.94 bits per heavy atom. The third-order valence-corrected chi connectivity index (χ3v) is 2.76. The van der Waals surface area contributed by atoms with Crippen molar-refractivity contribution >= 4 is 40.5 Å². The van der Waals surface area contributed by atoms with Crippen molar-refractivity contribution in [2.45, 2.75) is 12.8 Å². The summed E-state index contributed by atoms with van der Waals surface area (Å²) in [6.45, 7) is 0.709. The Hall–Kier alpha value is -1.26. The number of piperidine rings is 1. The van der Waals surface area contributed by atoms with Crippen LogP contribution in [0.3, 0.4) is 0 Å². The number of anilines is 1. The molecule has 0 atom stereocenters. The highest BCUT2D eigenvalue weighted by molar-refractivity contribution is 6.39. The van der Waals surface area contributed by atoms with E-state index in [0.29, 0.717) is 34.4 Å². The van der Waals surface area contributed by atoms with Gasteiger partial charge in [-0.05, 0) is 31.0 Å². The quantitative estimate of drug-likeness (QED) is 0.813. The number of carbonyl (C=O) groups is 1. The van der Waals surface area contributed by atoms with Crippen molar-refractivity contribution in [3.05, 3.63) is 28.2 Å². The fourth-order valence-corrected chi connectivity index (χ4v) is 2.06. The van der Waals surface area contributed by atoms with E-state index in [-0.39, 0.29) is 5.91 Å². The summed E-state index contributed by atoms with van der Waals surface area (Å²) in [5, 5.41) is 7.83. The standard InChI is InChI=1S/C11H11Cl2N3O/c12-7-4-8(13)6-9(5-7)15-16-10-2-1-3-14-11(10)17/h4-6,15H,1-3H2,(H,14,17). The van der Waals surface area contributed by atoms with Gasteiger partial charge in [0.1, 0.15) is 5.71 Å². The second kappa shape index (κ2) is 5.38. The molecule has 90 valence electrons. The number of nitrogens with one attached hydrogen (secondary N) is 2. The van der Waals surface area contributed by atoms with Gasteiger partial charge in [-0.3, -0.25) is 10.2 Å². The van der Waals surface area contributed by atoms with E-state index in [1.165, 1.54) is 0 Å². The van der Waals surface area contributed by atoms with Crippen LogP contribution in [0.1, 0.15) is 12.8 Å². The van der Waals surface area contributed by atoms with Crippen LogP contribution in [0.25, 0.3) is 0 Å². The lowest BCUT2D eigenvalue weighted by atomic mass is 10.1. The molecule has 1 aliphatic rings. The van der Waals surface area contributed by atoms with Crippen molar-refractivity contribution in [3.63, 3.8) is 0 Å². The fraction of sp³-hybridized carbons (Fsp3) is 0.273. The topological polar surface area (TPSA) is 53.5 Å². The van der Waals surface area contributed by atoms with Crippen LogP contribution < -0.4 is 10.7 Å². The molecule has 1 aromatic rings. The number of benzene rings is 1. The molecule has 0 saturated carbocycles. The maximum Gasteiger partial charge on any atom is 0.267 e. The Kier molecular flexibility index (Phi) is 3.86. The number of hydrogen-bond acceptors (Lipinski definition) is 3. The summed E-state index contributed by atoms with van der Waals surface area (Å²) in [4.78, 5) is 11.4. The lowest BCUT2D eigenvalue weighted by Crippen LogP contribution is -2.37. The number of halogens is 2. The minimum atomic E-state index is -0.128. The van der Waals surface area contributed by atoms with E-state index in [0.717, 1.165) is 6.42 Å². The van der Waals surface area contributed by atoms with Crippen LogP contribution in [0.15, 0.2) is 23.3 Å². The summed E-state index contributed by atoms with van der Waals surface area (Å²) in [6.07, 6.45) is 1.58. The zero-order valence-corrected chi connectivity index (χ0v) is 10.5. The van der Waals surface area contributed by atoms with Crippen molar-refractivity contribution in [1.82, 2.24) is 5.32 Å². The van der Waals surface area contributed by atoms with Crippen molar-refractivity contribution in [3.8, 4) is 0 Å². The molecule has 0 aromatic heterocycles. The van der Waals surface area contributed by atoms with Crippen LogP contribution in [0.2, 0.25) is 10.0 Å². The molecule has 1 aromatic carbocycles. The van der Waals surface area contributed by atoms with E-state index in [1.54, 1.807) is 18.2 Å². The molecule has 2 N–H and O–H groups in total. The monoisotopic (exact) mass is 271 g/mol. The van der Waals surface area contributed by atoms with Gasteiger partial charge in [0.05, 0.1) is 5.69 Å². The summed E-state index contributed by atoms with van der Waals surface area (Å²) in [6, 6.07) is 5.02. The van der Waals surface area contributed by atoms with Crippen molar-refractivity contribution in [1.29, 1.82) is 0 Å². The molecular weight excluding hydrogens is 261 g/mol. The van der Waals surface area contributed by atoms with Gasteiger partial charge in [0.2, 0.25) is 0 Å². The second-order valence-electron chi connectivity index (χ2n) is 3.69. The SMILES string of the molecule is O=C1NCCCC1=NNc1cc(Cl)cc(Cl)c1. The first kappa shape index (κ1) is 12.2. The van der Waals surface area contributed by atoms with Crippen LogP contribution in [0, 0.1) is 0 Å². The smallest absolute Gasteiger partial charge is 0.267 e. The average Bonchev–Trinajstić information content (AvgIpc) is 2.27. The molecule has 0 radical (unpaired) electrons. The summed E-state index contributed by atoms with van der Waals surface area (Å²) in [5.41, 5.74) is 3.94. The number of hydrazone groups is 1. The molecule has 1 fully saturated rings. The van der Waals surface area contributed by atoms with E-state index in [9.17, 15) is 4.79 Å². The first-order chi connectivity index (χ1) is 8.15. The maximum atomic E-state index is 11.4. The first-order valence-electron chi connectivity index (χ1n) is 5.22. The molecule has 0 bridgehead atoms. The number of nitrogens with zero attached hydrogens (tertiary/aromatic N) is 1. The summed E-state index contributed by atoms with van der Waals surface area (Å²) < 4.78 is 0. The minimum Gasteiger partial charge on any atom is -0.351 e. The molecule has 0 aliphatic carbocycles. The molecule has 1 aliphatic heterocycles. The van der Waals surface area contributed by atoms with Crippen LogP contribution in [-0.2, 0) is 4.79 Å². The molecule has 1 heterocycles. The van der Waals surface area contributed by atoms with Gasteiger partial charge in [-0.15, -0.1) is 0 Å². The Morgan fingerprint density at radius 3 is 2.59 bits per heavy atom. The van der Waals surface area contributed by atoms with Crippen molar-refractivity contribution in [2.75, 3.05) is 12.0 Å². The van der Waals surface area contributed by atoms with Gasteiger partial charge in [-0.25, -0.2) is 0 Å². The van der Waals surface area contributed by atoms with Crippen LogP contribution in [0.5, 0.6) is 0 Å². The lowest BCUT2D eigenvalue weighted by Gasteiger charge is -2.13. The van der Waals surface area contributed by atoms with E-state index >= 15 is 0 Å². The number of hydrogen-bond donors (Lipinski definition) is 2. The molecular formula is C11H11Cl2N3O. The highest BCUT2D eigenvalue weighted by atomic mass is 35.5. The van der Waals surface area contributed by atoms with Gasteiger partial charge in [0, 0.05) is 16.6 Å². The van der Waals surface area contributed by atoms with Gasteiger partial charge in [-0.1, -0.05) is 23.2 Å². The maximum absolute atomic E-state index is 11.4. The van der Waals surface area contributed by atoms with Crippen LogP contribution in [0.4, 0.5) is 5.69 Å². The lowest BCUT2D eigenvalue weighted by molar-refractivity contribution is -0.115. The zero-order valence-electron chi connectivity index (χ0n) is 8.96. The fourth-order valence-electron chi connectivity index (χ4n) is 1.53. The Balaban J connectivity index is 2.10. The average molecular weight is 272 g/mol. The first-order valence-corrected chi connectivity index (χ1v) is 5.97. The van der Waals surface area contributed by atoms with Gasteiger partial charge >= 0.3 is 0 Å². The molecule has 6 heteroatoms. The summed E-state index contributed by atoms with van der Waals surface area (Å²) >= 11 is 11.7. The molecule has 0 spiro atoms. The number of amides is 1. The van der Waals surface area contributed by atoms with E-state index in [2.05, 4.69) is 15.8 Å². The van der Waals surface area contributed by atoms with Crippen molar-refractivity contribution in [2.24, 2.45) is 5.10 Å². The third kappa shape index (κ3) is 3.35. The summed E-state index contributed by atoms with van der Waals surface area (Å²) in [7, 11) is 0. The van der Waals surface area contributed by atoms with Crippen LogP contribution in [-0.4, -0.2) is 18.2 Å². The molecule has 0 unspecified atom stereocenters. The molecule has 17 heavy (non-hydrogen) atoms. The van der Waals surface area contributed by atoms with Gasteiger partial charge in [-0.2, -0.15) is 5.10 Å². The largest absolute Gasteiger partial charge is 0.351 e. The highest BCUT2D eigenvalue weighted by Crippen LogP contribution is 2.22. The minimum absolute atomic E-state index is 0.128. The highest BCUT2D eigenvalue weighted by Gasteiger charge is 2.15. The number of rotatable bonds is 2. The second-order valence-corrected chi connectivity index (χ2v) is 4.56. The Bertz CT molecular complexity index is 454. The molecule has 1 amide bonds. The van der Waals surface area contributed by atoms with E-state index in [1.807, 2.05) is 0 Å². The zero-order chi connectivity index (χ0) is 12.3. The van der Waals surface area contributed by atoms with E-state index < -0.39 is 0 Å².